The van der Waals surface area contributed by atoms with Crippen molar-refractivity contribution < 1.29 is 4.57 Å². The highest BCUT2D eigenvalue weighted by molar-refractivity contribution is 6.06. The van der Waals surface area contributed by atoms with Crippen LogP contribution in [0.3, 0.4) is 0 Å². The van der Waals surface area contributed by atoms with Crippen LogP contribution < -0.4 is 4.57 Å². The molecule has 2 nitrogen and oxygen atoms in total. The number of benzene rings is 2. The number of rotatable bonds is 6. The van der Waals surface area contributed by atoms with E-state index in [-0.39, 0.29) is 11.0 Å². The lowest BCUT2D eigenvalue weighted by Crippen LogP contribution is -2.55. The van der Waals surface area contributed by atoms with Crippen molar-refractivity contribution in [1.82, 2.24) is 4.98 Å². The van der Waals surface area contributed by atoms with Gasteiger partial charge in [0, 0.05) is 29.2 Å². The molecule has 0 bridgehead atoms. The van der Waals surface area contributed by atoms with Crippen LogP contribution in [0.2, 0.25) is 0 Å². The third-order valence-corrected chi connectivity index (χ3v) is 10.7. The summed E-state index contributed by atoms with van der Waals surface area (Å²) in [5, 5.41) is 4.11. The fraction of sp³-hybridized carbons (Fsp3) is 0.421. The first-order valence-electron chi connectivity index (χ1n) is 15.7. The Morgan fingerprint density at radius 1 is 0.900 bits per heavy atom. The maximum Gasteiger partial charge on any atom is 0.224 e. The van der Waals surface area contributed by atoms with Crippen LogP contribution in [0.25, 0.3) is 32.9 Å². The molecule has 0 N–H and O–H groups in total. The number of aryl methyl sites for hydroxylation is 1. The summed E-state index contributed by atoms with van der Waals surface area (Å²) in [6, 6.07) is 16.3. The van der Waals surface area contributed by atoms with Crippen LogP contribution in [-0.4, -0.2) is 4.98 Å². The van der Waals surface area contributed by atoms with Crippen molar-refractivity contribution in [3.05, 3.63) is 94.3 Å². The average Bonchev–Trinajstić information content (AvgIpc) is 3.20. The van der Waals surface area contributed by atoms with Gasteiger partial charge in [0.15, 0.2) is 6.20 Å². The molecule has 204 valence electrons. The minimum absolute atomic E-state index is 0.126. The summed E-state index contributed by atoms with van der Waals surface area (Å²) < 4.78 is 2.68. The molecule has 3 heterocycles. The minimum atomic E-state index is -0.217. The molecule has 3 aliphatic rings. The van der Waals surface area contributed by atoms with Crippen molar-refractivity contribution in [2.24, 2.45) is 11.8 Å². The molecule has 2 aliphatic carbocycles. The molecule has 0 radical (unpaired) electrons. The van der Waals surface area contributed by atoms with E-state index >= 15 is 0 Å². The molecule has 1 unspecified atom stereocenters. The topological polar surface area (TPSA) is 16.8 Å². The second-order valence-electron chi connectivity index (χ2n) is 13.1. The van der Waals surface area contributed by atoms with Crippen molar-refractivity contribution in [2.75, 3.05) is 0 Å². The SMILES string of the molecule is CCC(CC)C1=CC2(CC(C(CC)CC)=C1)c1cc3ccccc3c3c1-c1c4c(cc(C)nc4cc[n+]12)C3(C)C. The summed E-state index contributed by atoms with van der Waals surface area (Å²) in [4.78, 5) is 5.08. The predicted octanol–water partition coefficient (Wildman–Crippen LogP) is 9.48. The molecular formula is C38H43N2+. The number of hydrogen-bond acceptors (Lipinski definition) is 1. The van der Waals surface area contributed by atoms with Crippen LogP contribution in [0.1, 0.15) is 96.0 Å². The molecule has 1 aliphatic heterocycles. The van der Waals surface area contributed by atoms with Gasteiger partial charge in [-0.05, 0) is 90.1 Å². The first kappa shape index (κ1) is 25.7. The molecule has 1 spiro atoms. The Labute approximate surface area is 239 Å². The van der Waals surface area contributed by atoms with E-state index in [1.807, 2.05) is 0 Å². The molecule has 0 amide bonds. The van der Waals surface area contributed by atoms with Gasteiger partial charge in [-0.25, -0.2) is 0 Å². The van der Waals surface area contributed by atoms with Crippen molar-refractivity contribution >= 4 is 21.7 Å². The zero-order valence-electron chi connectivity index (χ0n) is 25.4. The molecule has 2 aromatic carbocycles. The van der Waals surface area contributed by atoms with Gasteiger partial charge in [-0.1, -0.05) is 77.5 Å². The molecule has 0 saturated heterocycles. The fourth-order valence-electron chi connectivity index (χ4n) is 8.67. The lowest BCUT2D eigenvalue weighted by atomic mass is 9.66. The Morgan fingerprint density at radius 2 is 1.62 bits per heavy atom. The number of allylic oxidation sites excluding steroid dienone is 4. The molecule has 40 heavy (non-hydrogen) atoms. The van der Waals surface area contributed by atoms with Crippen molar-refractivity contribution in [3.63, 3.8) is 0 Å². The first-order valence-corrected chi connectivity index (χ1v) is 15.7. The van der Waals surface area contributed by atoms with E-state index in [9.17, 15) is 0 Å². The predicted molar refractivity (Wildman–Crippen MR) is 168 cm³/mol. The Morgan fingerprint density at radius 3 is 2.35 bits per heavy atom. The Kier molecular flexibility index (Phi) is 5.70. The van der Waals surface area contributed by atoms with Gasteiger partial charge in [-0.15, -0.1) is 0 Å². The number of aromatic nitrogens is 2. The summed E-state index contributed by atoms with van der Waals surface area (Å²) in [6.45, 7) is 16.5. The smallest absolute Gasteiger partial charge is 0.224 e. The van der Waals surface area contributed by atoms with Gasteiger partial charge in [-0.2, -0.15) is 4.57 Å². The third-order valence-electron chi connectivity index (χ3n) is 10.7. The number of hydrogen-bond donors (Lipinski definition) is 0. The van der Waals surface area contributed by atoms with Gasteiger partial charge in [0.2, 0.25) is 11.2 Å². The highest BCUT2D eigenvalue weighted by Gasteiger charge is 2.57. The molecule has 0 saturated carbocycles. The highest BCUT2D eigenvalue weighted by atomic mass is 15.1. The monoisotopic (exact) mass is 527 g/mol. The quantitative estimate of drug-likeness (QED) is 0.228. The minimum Gasteiger partial charge on any atom is -0.253 e. The van der Waals surface area contributed by atoms with Gasteiger partial charge in [0.05, 0.1) is 16.5 Å². The van der Waals surface area contributed by atoms with Crippen LogP contribution in [0.4, 0.5) is 0 Å². The van der Waals surface area contributed by atoms with E-state index in [1.54, 1.807) is 11.1 Å². The molecular weight excluding hydrogens is 484 g/mol. The highest BCUT2D eigenvalue weighted by Crippen LogP contribution is 2.58. The fourth-order valence-corrected chi connectivity index (χ4v) is 8.67. The second kappa shape index (κ2) is 8.87. The summed E-state index contributed by atoms with van der Waals surface area (Å²) in [5.74, 6) is 1.20. The van der Waals surface area contributed by atoms with E-state index in [0.717, 1.165) is 17.6 Å². The van der Waals surface area contributed by atoms with E-state index < -0.39 is 0 Å². The maximum absolute atomic E-state index is 5.08. The van der Waals surface area contributed by atoms with E-state index in [1.165, 1.54) is 69.8 Å². The standard InChI is InChI=1S/C38H43N2/c1-8-24(9-2)27-19-28(25(10-3)11-4)22-38(21-27)31-20-26-14-12-13-15-29(26)35-34(31)36-33-30(37(35,6)7)18-23(5)39-32(33)16-17-40(36)38/h12-21,24-25H,8-11,22H2,1-7H3/q+1. The van der Waals surface area contributed by atoms with E-state index in [2.05, 4.69) is 114 Å². The molecule has 2 heteroatoms. The largest absolute Gasteiger partial charge is 0.253 e. The van der Waals surface area contributed by atoms with Gasteiger partial charge in [0.1, 0.15) is 0 Å². The zero-order chi connectivity index (χ0) is 28.0. The van der Waals surface area contributed by atoms with Crippen molar-refractivity contribution in [3.8, 4) is 11.3 Å². The number of pyridine rings is 2. The Bertz CT molecular complexity index is 1760. The molecule has 1 atom stereocenters. The van der Waals surface area contributed by atoms with Crippen LogP contribution in [0.15, 0.2) is 72.0 Å². The van der Waals surface area contributed by atoms with Gasteiger partial charge < -0.3 is 0 Å². The summed E-state index contributed by atoms with van der Waals surface area (Å²) in [6.07, 6.45) is 13.5. The molecule has 4 aromatic rings. The molecule has 2 aromatic heterocycles. The van der Waals surface area contributed by atoms with Crippen LogP contribution in [-0.2, 0) is 11.0 Å². The zero-order valence-corrected chi connectivity index (χ0v) is 25.4. The third kappa shape index (κ3) is 3.22. The van der Waals surface area contributed by atoms with Crippen LogP contribution >= 0.6 is 0 Å². The Hall–Kier alpha value is -3.26. The van der Waals surface area contributed by atoms with E-state index in [0.29, 0.717) is 11.8 Å². The lowest BCUT2D eigenvalue weighted by Gasteiger charge is -2.34. The van der Waals surface area contributed by atoms with Crippen molar-refractivity contribution in [1.29, 1.82) is 0 Å². The number of fused-ring (bicyclic) bond motifs is 4. The summed E-state index contributed by atoms with van der Waals surface area (Å²) in [7, 11) is 0. The molecule has 0 fully saturated rings. The second-order valence-corrected chi connectivity index (χ2v) is 13.1. The number of nitrogens with zero attached hydrogens (tertiary/aromatic N) is 2. The summed E-state index contributed by atoms with van der Waals surface area (Å²) in [5.41, 5.74) is 12.3. The maximum atomic E-state index is 5.08. The Balaban J connectivity index is 1.67. The molecule has 7 rings (SSSR count). The first-order chi connectivity index (χ1) is 19.3. The van der Waals surface area contributed by atoms with Gasteiger partial charge in [-0.3, -0.25) is 4.98 Å². The average molecular weight is 528 g/mol. The van der Waals surface area contributed by atoms with Crippen LogP contribution in [0.5, 0.6) is 0 Å². The summed E-state index contributed by atoms with van der Waals surface area (Å²) >= 11 is 0. The van der Waals surface area contributed by atoms with Gasteiger partial charge in [0.25, 0.3) is 0 Å². The lowest BCUT2D eigenvalue weighted by molar-refractivity contribution is -0.726. The van der Waals surface area contributed by atoms with Gasteiger partial charge >= 0.3 is 0 Å². The normalized spacial score (nSPS) is 20.2. The van der Waals surface area contributed by atoms with Crippen LogP contribution in [0, 0.1) is 18.8 Å². The van der Waals surface area contributed by atoms with E-state index in [4.69, 9.17) is 4.98 Å². The van der Waals surface area contributed by atoms with Crippen molar-refractivity contribution in [2.45, 2.75) is 91.5 Å².